The summed E-state index contributed by atoms with van der Waals surface area (Å²) in [6, 6.07) is 2.45. The molecule has 1 unspecified atom stereocenters. The van der Waals surface area contributed by atoms with Gasteiger partial charge in [-0.3, -0.25) is 4.90 Å². The Morgan fingerprint density at radius 2 is 2.44 bits per heavy atom. The summed E-state index contributed by atoms with van der Waals surface area (Å²) in [6.07, 6.45) is 3.69. The molecule has 96 valence electrons. The Morgan fingerprint density at radius 1 is 1.50 bits per heavy atom. The van der Waals surface area contributed by atoms with Gasteiger partial charge in [0.25, 0.3) is 0 Å². The lowest BCUT2D eigenvalue weighted by Crippen LogP contribution is -2.33. The smallest absolute Gasteiger partial charge is 0.133 e. The Morgan fingerprint density at radius 3 is 3.17 bits per heavy atom. The van der Waals surface area contributed by atoms with Gasteiger partial charge >= 0.3 is 0 Å². The quantitative estimate of drug-likeness (QED) is 0.853. The van der Waals surface area contributed by atoms with E-state index in [0.717, 1.165) is 36.7 Å². The van der Waals surface area contributed by atoms with Gasteiger partial charge in [-0.1, -0.05) is 11.6 Å². The highest BCUT2D eigenvalue weighted by Gasteiger charge is 2.26. The zero-order valence-electron chi connectivity index (χ0n) is 10.5. The molecule has 18 heavy (non-hydrogen) atoms. The SMILES string of the molecule is Cc1cc(C2CCCCN2Cc2cscn2)no1. The molecule has 1 saturated heterocycles. The van der Waals surface area contributed by atoms with Crippen LogP contribution in [0.3, 0.4) is 0 Å². The van der Waals surface area contributed by atoms with Gasteiger partial charge in [0.2, 0.25) is 0 Å². The lowest BCUT2D eigenvalue weighted by Gasteiger charge is -2.33. The van der Waals surface area contributed by atoms with E-state index in [1.54, 1.807) is 11.3 Å². The molecule has 2 aromatic heterocycles. The summed E-state index contributed by atoms with van der Waals surface area (Å²) in [4.78, 5) is 6.84. The molecule has 0 amide bonds. The number of aromatic nitrogens is 2. The number of rotatable bonds is 3. The fraction of sp³-hybridized carbons (Fsp3) is 0.538. The first-order chi connectivity index (χ1) is 8.83. The molecule has 0 bridgehead atoms. The predicted molar refractivity (Wildman–Crippen MR) is 70.4 cm³/mol. The van der Waals surface area contributed by atoms with E-state index in [2.05, 4.69) is 26.5 Å². The number of likely N-dealkylation sites (tertiary alicyclic amines) is 1. The highest BCUT2D eigenvalue weighted by molar-refractivity contribution is 7.07. The second kappa shape index (κ2) is 5.20. The lowest BCUT2D eigenvalue weighted by molar-refractivity contribution is 0.132. The minimum Gasteiger partial charge on any atom is -0.361 e. The van der Waals surface area contributed by atoms with Gasteiger partial charge < -0.3 is 4.52 Å². The Balaban J connectivity index is 1.77. The summed E-state index contributed by atoms with van der Waals surface area (Å²) >= 11 is 1.66. The average Bonchev–Trinajstić information content (AvgIpc) is 3.02. The van der Waals surface area contributed by atoms with Gasteiger partial charge in [-0.05, 0) is 26.3 Å². The molecule has 3 rings (SSSR count). The second-order valence-electron chi connectivity index (χ2n) is 4.82. The van der Waals surface area contributed by atoms with E-state index in [1.165, 1.54) is 12.8 Å². The number of piperidine rings is 1. The van der Waals surface area contributed by atoms with E-state index < -0.39 is 0 Å². The van der Waals surface area contributed by atoms with Crippen LogP contribution in [0, 0.1) is 6.92 Å². The van der Waals surface area contributed by atoms with Crippen molar-refractivity contribution in [3.8, 4) is 0 Å². The van der Waals surface area contributed by atoms with E-state index in [1.807, 2.05) is 12.4 Å². The summed E-state index contributed by atoms with van der Waals surface area (Å²) in [5.74, 6) is 0.893. The van der Waals surface area contributed by atoms with E-state index in [0.29, 0.717) is 6.04 Å². The van der Waals surface area contributed by atoms with Crippen LogP contribution in [0.15, 0.2) is 21.5 Å². The van der Waals surface area contributed by atoms with Crippen LogP contribution in [-0.2, 0) is 6.54 Å². The summed E-state index contributed by atoms with van der Waals surface area (Å²) in [5, 5.41) is 6.31. The minimum absolute atomic E-state index is 0.387. The molecule has 4 nitrogen and oxygen atoms in total. The van der Waals surface area contributed by atoms with Crippen molar-refractivity contribution in [2.75, 3.05) is 6.54 Å². The predicted octanol–water partition coefficient (Wildman–Crippen LogP) is 3.17. The first-order valence-electron chi connectivity index (χ1n) is 6.37. The van der Waals surface area contributed by atoms with Crippen molar-refractivity contribution in [2.24, 2.45) is 0 Å². The van der Waals surface area contributed by atoms with Crippen LogP contribution >= 0.6 is 11.3 Å². The molecule has 0 N–H and O–H groups in total. The Kier molecular flexibility index (Phi) is 3.43. The minimum atomic E-state index is 0.387. The highest BCUT2D eigenvalue weighted by atomic mass is 32.1. The maximum absolute atomic E-state index is 5.21. The van der Waals surface area contributed by atoms with Crippen LogP contribution in [0.1, 0.15) is 42.5 Å². The molecular weight excluding hydrogens is 246 g/mol. The number of hydrogen-bond donors (Lipinski definition) is 0. The van der Waals surface area contributed by atoms with Crippen molar-refractivity contribution in [2.45, 2.75) is 38.8 Å². The van der Waals surface area contributed by atoms with E-state index in [-0.39, 0.29) is 0 Å². The van der Waals surface area contributed by atoms with Crippen LogP contribution in [0.5, 0.6) is 0 Å². The van der Waals surface area contributed by atoms with Crippen LogP contribution in [0.25, 0.3) is 0 Å². The fourth-order valence-electron chi connectivity index (χ4n) is 2.58. The third kappa shape index (κ3) is 2.47. The van der Waals surface area contributed by atoms with Crippen molar-refractivity contribution in [1.29, 1.82) is 0 Å². The standard InChI is InChI=1S/C13H17N3OS/c1-10-6-12(15-17-10)13-4-2-3-5-16(13)7-11-8-18-9-14-11/h6,8-9,13H,2-5,7H2,1H3. The monoisotopic (exact) mass is 263 g/mol. The van der Waals surface area contributed by atoms with Crippen LogP contribution in [-0.4, -0.2) is 21.6 Å². The van der Waals surface area contributed by atoms with Crippen molar-refractivity contribution in [3.05, 3.63) is 34.1 Å². The molecule has 2 aromatic rings. The van der Waals surface area contributed by atoms with Crippen molar-refractivity contribution in [1.82, 2.24) is 15.0 Å². The summed E-state index contributed by atoms with van der Waals surface area (Å²) in [5.41, 5.74) is 4.13. The molecular formula is C13H17N3OS. The number of thiazole rings is 1. The Bertz CT molecular complexity index is 494. The molecule has 1 fully saturated rings. The second-order valence-corrected chi connectivity index (χ2v) is 5.54. The number of hydrogen-bond acceptors (Lipinski definition) is 5. The van der Waals surface area contributed by atoms with E-state index in [4.69, 9.17) is 4.52 Å². The molecule has 1 aliphatic heterocycles. The summed E-state index contributed by atoms with van der Waals surface area (Å²) in [6.45, 7) is 3.98. The summed E-state index contributed by atoms with van der Waals surface area (Å²) in [7, 11) is 0. The first kappa shape index (κ1) is 11.9. The lowest BCUT2D eigenvalue weighted by atomic mass is 9.99. The highest BCUT2D eigenvalue weighted by Crippen LogP contribution is 2.31. The van der Waals surface area contributed by atoms with Crippen molar-refractivity contribution < 1.29 is 4.52 Å². The van der Waals surface area contributed by atoms with Crippen LogP contribution in [0.4, 0.5) is 0 Å². The normalized spacial score (nSPS) is 21.3. The van der Waals surface area contributed by atoms with Gasteiger partial charge in [0, 0.05) is 18.0 Å². The average molecular weight is 263 g/mol. The zero-order chi connectivity index (χ0) is 12.4. The Labute approximate surface area is 111 Å². The van der Waals surface area contributed by atoms with Crippen molar-refractivity contribution >= 4 is 11.3 Å². The third-order valence-corrected chi connectivity index (χ3v) is 4.09. The van der Waals surface area contributed by atoms with Gasteiger partial charge in [0.15, 0.2) is 0 Å². The Hall–Kier alpha value is -1.20. The largest absolute Gasteiger partial charge is 0.361 e. The maximum Gasteiger partial charge on any atom is 0.133 e. The zero-order valence-corrected chi connectivity index (χ0v) is 11.3. The molecule has 0 aliphatic carbocycles. The van der Waals surface area contributed by atoms with Gasteiger partial charge in [-0.25, -0.2) is 4.98 Å². The van der Waals surface area contributed by atoms with Crippen LogP contribution in [0.2, 0.25) is 0 Å². The molecule has 0 spiro atoms. The number of nitrogens with zero attached hydrogens (tertiary/aromatic N) is 3. The molecule has 3 heterocycles. The molecule has 0 radical (unpaired) electrons. The first-order valence-corrected chi connectivity index (χ1v) is 7.31. The van der Waals surface area contributed by atoms with Crippen molar-refractivity contribution in [3.63, 3.8) is 0 Å². The van der Waals surface area contributed by atoms with Crippen LogP contribution < -0.4 is 0 Å². The summed E-state index contributed by atoms with van der Waals surface area (Å²) < 4.78 is 5.21. The molecule has 1 atom stereocenters. The fourth-order valence-corrected chi connectivity index (χ4v) is 3.13. The van der Waals surface area contributed by atoms with Gasteiger partial charge in [-0.2, -0.15) is 0 Å². The van der Waals surface area contributed by atoms with Gasteiger partial charge in [-0.15, -0.1) is 11.3 Å². The molecule has 0 aromatic carbocycles. The van der Waals surface area contributed by atoms with Gasteiger partial charge in [0.1, 0.15) is 11.5 Å². The van der Waals surface area contributed by atoms with Gasteiger partial charge in [0.05, 0.1) is 17.2 Å². The molecule has 0 saturated carbocycles. The maximum atomic E-state index is 5.21. The van der Waals surface area contributed by atoms with E-state index in [9.17, 15) is 0 Å². The number of aryl methyl sites for hydroxylation is 1. The topological polar surface area (TPSA) is 42.2 Å². The van der Waals surface area contributed by atoms with E-state index >= 15 is 0 Å². The molecule has 1 aliphatic rings. The third-order valence-electron chi connectivity index (χ3n) is 3.45. The molecule has 5 heteroatoms.